The molecule has 1 aliphatic rings. The third-order valence-corrected chi connectivity index (χ3v) is 4.35. The molecule has 98 valence electrons. The summed E-state index contributed by atoms with van der Waals surface area (Å²) >= 11 is 3.43. The summed E-state index contributed by atoms with van der Waals surface area (Å²) < 4.78 is 1.03. The monoisotopic (exact) mass is 311 g/mol. The van der Waals surface area contributed by atoms with Gasteiger partial charge in [0.1, 0.15) is 0 Å². The number of carbonyl (C=O) groups excluding carboxylic acids is 1. The van der Waals surface area contributed by atoms with E-state index in [0.717, 1.165) is 35.7 Å². The first kappa shape index (κ1) is 13.6. The first-order valence-corrected chi connectivity index (χ1v) is 6.98. The van der Waals surface area contributed by atoms with Crippen LogP contribution in [0.1, 0.15) is 31.2 Å². The zero-order valence-corrected chi connectivity index (χ0v) is 12.4. The molecule has 1 aromatic carbocycles. The second kappa shape index (κ2) is 5.41. The van der Waals surface area contributed by atoms with Crippen LogP contribution in [0, 0.1) is 0 Å². The average molecular weight is 312 g/mol. The molecular weight excluding hydrogens is 294 g/mol. The van der Waals surface area contributed by atoms with Crippen molar-refractivity contribution in [1.82, 2.24) is 5.06 Å². The van der Waals surface area contributed by atoms with Crippen LogP contribution in [0.15, 0.2) is 28.7 Å². The first-order chi connectivity index (χ1) is 8.60. The number of hydrogen-bond donors (Lipinski definition) is 0. The largest absolute Gasteiger partial charge is 0.275 e. The van der Waals surface area contributed by atoms with Crippen molar-refractivity contribution in [1.29, 1.82) is 0 Å². The van der Waals surface area contributed by atoms with E-state index in [9.17, 15) is 4.79 Å². The molecule has 0 bridgehead atoms. The van der Waals surface area contributed by atoms with Crippen LogP contribution in [0.25, 0.3) is 0 Å². The summed E-state index contributed by atoms with van der Waals surface area (Å²) in [6.45, 7) is 0. The number of carbonyl (C=O) groups is 1. The van der Waals surface area contributed by atoms with Crippen LogP contribution in [-0.2, 0) is 15.0 Å². The van der Waals surface area contributed by atoms with Crippen LogP contribution < -0.4 is 0 Å². The quantitative estimate of drug-likeness (QED) is 0.802. The highest BCUT2D eigenvalue weighted by Gasteiger charge is 2.44. The van der Waals surface area contributed by atoms with Gasteiger partial charge in [0.2, 0.25) is 0 Å². The Morgan fingerprint density at radius 1 is 1.28 bits per heavy atom. The van der Waals surface area contributed by atoms with Crippen molar-refractivity contribution in [3.05, 3.63) is 34.3 Å². The molecule has 4 heteroatoms. The molecule has 1 amide bonds. The van der Waals surface area contributed by atoms with E-state index in [4.69, 9.17) is 4.84 Å². The van der Waals surface area contributed by atoms with Gasteiger partial charge in [0, 0.05) is 11.5 Å². The standard InChI is InChI=1S/C14H18BrNO2/c1-16(18-2)13(17)14(9-3-4-10-14)11-5-7-12(15)8-6-11/h5-8H,3-4,9-10H2,1-2H3. The fourth-order valence-electron chi connectivity index (χ4n) is 2.76. The van der Waals surface area contributed by atoms with Crippen molar-refractivity contribution in [3.63, 3.8) is 0 Å². The van der Waals surface area contributed by atoms with Crippen molar-refractivity contribution >= 4 is 21.8 Å². The molecule has 0 radical (unpaired) electrons. The molecule has 1 saturated carbocycles. The van der Waals surface area contributed by atoms with Gasteiger partial charge in [0.25, 0.3) is 5.91 Å². The summed E-state index contributed by atoms with van der Waals surface area (Å²) in [4.78, 5) is 17.6. The third kappa shape index (κ3) is 2.31. The topological polar surface area (TPSA) is 29.5 Å². The van der Waals surface area contributed by atoms with Crippen molar-refractivity contribution in [2.24, 2.45) is 0 Å². The number of nitrogens with zero attached hydrogens (tertiary/aromatic N) is 1. The fraction of sp³-hybridized carbons (Fsp3) is 0.500. The molecular formula is C14H18BrNO2. The molecule has 1 aliphatic carbocycles. The van der Waals surface area contributed by atoms with Gasteiger partial charge in [-0.25, -0.2) is 5.06 Å². The number of likely N-dealkylation sites (N-methyl/N-ethyl adjacent to an activating group) is 1. The molecule has 0 unspecified atom stereocenters. The lowest BCUT2D eigenvalue weighted by molar-refractivity contribution is -0.175. The molecule has 1 aromatic rings. The maximum atomic E-state index is 12.6. The van der Waals surface area contributed by atoms with E-state index in [1.165, 1.54) is 12.2 Å². The number of halogens is 1. The van der Waals surface area contributed by atoms with Gasteiger partial charge < -0.3 is 0 Å². The van der Waals surface area contributed by atoms with Crippen LogP contribution in [0.4, 0.5) is 0 Å². The molecule has 0 heterocycles. The number of rotatable bonds is 3. The minimum Gasteiger partial charge on any atom is -0.275 e. The van der Waals surface area contributed by atoms with Gasteiger partial charge in [0.15, 0.2) is 0 Å². The maximum Gasteiger partial charge on any atom is 0.256 e. The molecule has 0 atom stereocenters. The smallest absolute Gasteiger partial charge is 0.256 e. The number of hydroxylamine groups is 2. The molecule has 0 aromatic heterocycles. The second-order valence-corrected chi connectivity index (χ2v) is 5.70. The summed E-state index contributed by atoms with van der Waals surface area (Å²) in [5.41, 5.74) is 0.697. The van der Waals surface area contributed by atoms with E-state index < -0.39 is 5.41 Å². The Balaban J connectivity index is 2.38. The van der Waals surface area contributed by atoms with Crippen molar-refractivity contribution in [2.75, 3.05) is 14.2 Å². The summed E-state index contributed by atoms with van der Waals surface area (Å²) in [5, 5.41) is 1.35. The lowest BCUT2D eigenvalue weighted by atomic mass is 9.78. The second-order valence-electron chi connectivity index (χ2n) is 4.78. The van der Waals surface area contributed by atoms with Crippen LogP contribution in [0.5, 0.6) is 0 Å². The fourth-order valence-corrected chi connectivity index (χ4v) is 3.02. The van der Waals surface area contributed by atoms with Crippen LogP contribution in [0.3, 0.4) is 0 Å². The summed E-state index contributed by atoms with van der Waals surface area (Å²) in [6, 6.07) is 8.07. The SMILES string of the molecule is CON(C)C(=O)C1(c2ccc(Br)cc2)CCCC1. The molecule has 0 spiro atoms. The highest BCUT2D eigenvalue weighted by atomic mass is 79.9. The highest BCUT2D eigenvalue weighted by Crippen LogP contribution is 2.42. The van der Waals surface area contributed by atoms with E-state index in [2.05, 4.69) is 15.9 Å². The first-order valence-electron chi connectivity index (χ1n) is 6.18. The minimum atomic E-state index is -0.397. The van der Waals surface area contributed by atoms with E-state index in [0.29, 0.717) is 0 Å². The van der Waals surface area contributed by atoms with Crippen molar-refractivity contribution in [2.45, 2.75) is 31.1 Å². The van der Waals surface area contributed by atoms with Crippen molar-refractivity contribution < 1.29 is 9.63 Å². The Bertz CT molecular complexity index is 424. The van der Waals surface area contributed by atoms with Crippen molar-refractivity contribution in [3.8, 4) is 0 Å². The van der Waals surface area contributed by atoms with Gasteiger partial charge in [-0.2, -0.15) is 0 Å². The summed E-state index contributed by atoms with van der Waals surface area (Å²) in [6.07, 6.45) is 4.00. The zero-order valence-electron chi connectivity index (χ0n) is 10.8. The number of benzene rings is 1. The molecule has 18 heavy (non-hydrogen) atoms. The maximum absolute atomic E-state index is 12.6. The Morgan fingerprint density at radius 3 is 2.33 bits per heavy atom. The highest BCUT2D eigenvalue weighted by molar-refractivity contribution is 9.10. The lowest BCUT2D eigenvalue weighted by Gasteiger charge is -2.31. The van der Waals surface area contributed by atoms with E-state index in [-0.39, 0.29) is 5.91 Å². The molecule has 0 saturated heterocycles. The van der Waals surface area contributed by atoms with E-state index >= 15 is 0 Å². The zero-order chi connectivity index (χ0) is 13.2. The molecule has 2 rings (SSSR count). The number of amides is 1. The summed E-state index contributed by atoms with van der Waals surface area (Å²) in [7, 11) is 3.21. The Labute approximate surface area is 116 Å². The Kier molecular flexibility index (Phi) is 4.07. The van der Waals surface area contributed by atoms with E-state index in [1.807, 2.05) is 24.3 Å². The summed E-state index contributed by atoms with van der Waals surface area (Å²) in [5.74, 6) is 0.0600. The minimum absolute atomic E-state index is 0.0600. The number of hydrogen-bond acceptors (Lipinski definition) is 2. The average Bonchev–Trinajstić information content (AvgIpc) is 2.88. The Morgan fingerprint density at radius 2 is 1.83 bits per heavy atom. The Hall–Kier alpha value is -0.870. The van der Waals surface area contributed by atoms with Gasteiger partial charge in [-0.1, -0.05) is 40.9 Å². The molecule has 0 N–H and O–H groups in total. The lowest BCUT2D eigenvalue weighted by Crippen LogP contribution is -2.43. The van der Waals surface area contributed by atoms with E-state index in [1.54, 1.807) is 7.05 Å². The van der Waals surface area contributed by atoms with Crippen LogP contribution >= 0.6 is 15.9 Å². The molecule has 0 aliphatic heterocycles. The van der Waals surface area contributed by atoms with Gasteiger partial charge in [0.05, 0.1) is 12.5 Å². The van der Waals surface area contributed by atoms with Crippen LogP contribution in [-0.4, -0.2) is 25.1 Å². The van der Waals surface area contributed by atoms with Gasteiger partial charge in [-0.05, 0) is 30.5 Å². The van der Waals surface area contributed by atoms with Crippen LogP contribution in [0.2, 0.25) is 0 Å². The normalized spacial score (nSPS) is 17.7. The van der Waals surface area contributed by atoms with Gasteiger partial charge >= 0.3 is 0 Å². The third-order valence-electron chi connectivity index (χ3n) is 3.82. The van der Waals surface area contributed by atoms with Gasteiger partial charge in [-0.3, -0.25) is 9.63 Å². The molecule has 3 nitrogen and oxygen atoms in total. The predicted octanol–water partition coefficient (Wildman–Crippen LogP) is 3.28. The molecule has 1 fully saturated rings. The van der Waals surface area contributed by atoms with Gasteiger partial charge in [-0.15, -0.1) is 0 Å². The predicted molar refractivity (Wildman–Crippen MR) is 74.1 cm³/mol.